The van der Waals surface area contributed by atoms with Crippen molar-refractivity contribution in [3.8, 4) is 0 Å². The first-order chi connectivity index (χ1) is 13.2. The van der Waals surface area contributed by atoms with E-state index in [9.17, 15) is 19.7 Å². The van der Waals surface area contributed by atoms with Crippen molar-refractivity contribution in [2.24, 2.45) is 0 Å². The number of rotatable bonds is 8. The van der Waals surface area contributed by atoms with E-state index in [1.54, 1.807) is 18.8 Å². The first kappa shape index (κ1) is 21.4. The second kappa shape index (κ2) is 9.36. The van der Waals surface area contributed by atoms with Crippen LogP contribution < -0.4 is 0 Å². The van der Waals surface area contributed by atoms with Crippen LogP contribution >= 0.6 is 11.8 Å². The van der Waals surface area contributed by atoms with Crippen LogP contribution in [0, 0.1) is 24.0 Å². The number of hydrogen-bond acceptors (Lipinski definition) is 7. The van der Waals surface area contributed by atoms with Crippen molar-refractivity contribution >= 4 is 29.3 Å². The number of carbonyl (C=O) groups is 2. The third-order valence-corrected chi connectivity index (χ3v) is 4.91. The molecule has 1 aromatic carbocycles. The Hall–Kier alpha value is -2.88. The van der Waals surface area contributed by atoms with Crippen LogP contribution in [0.5, 0.6) is 0 Å². The van der Waals surface area contributed by atoms with E-state index < -0.39 is 17.5 Å². The number of aryl methyl sites for hydroxylation is 1. The van der Waals surface area contributed by atoms with Gasteiger partial charge in [-0.25, -0.2) is 0 Å². The summed E-state index contributed by atoms with van der Waals surface area (Å²) in [5.74, 6) is -1.03. The molecule has 2 rings (SSSR count). The standard InChI is InChI=1S/C18H22N4O5S/c1-12-18(22(25)26)13(2)21(19-12)10-17(24)27-11-16(23)20(3)9-14-5-7-15(28-4)8-6-14/h5-8H,9-11H2,1-4H3. The molecule has 0 saturated carbocycles. The van der Waals surface area contributed by atoms with Crippen molar-refractivity contribution in [3.05, 3.63) is 51.3 Å². The van der Waals surface area contributed by atoms with E-state index in [1.807, 2.05) is 30.5 Å². The van der Waals surface area contributed by atoms with E-state index in [1.165, 1.54) is 23.4 Å². The molecule has 0 aliphatic rings. The molecule has 0 saturated heterocycles. The maximum absolute atomic E-state index is 12.2. The van der Waals surface area contributed by atoms with Crippen molar-refractivity contribution in [2.45, 2.75) is 31.8 Å². The summed E-state index contributed by atoms with van der Waals surface area (Å²) >= 11 is 1.64. The fourth-order valence-corrected chi connectivity index (χ4v) is 3.03. The van der Waals surface area contributed by atoms with Gasteiger partial charge in [0.2, 0.25) is 0 Å². The number of nitrogens with zero attached hydrogens (tertiary/aromatic N) is 4. The van der Waals surface area contributed by atoms with Gasteiger partial charge in [-0.3, -0.25) is 24.4 Å². The van der Waals surface area contributed by atoms with Gasteiger partial charge in [0.05, 0.1) is 4.92 Å². The van der Waals surface area contributed by atoms with Gasteiger partial charge >= 0.3 is 11.7 Å². The zero-order chi connectivity index (χ0) is 20.8. The molecule has 2 aromatic rings. The summed E-state index contributed by atoms with van der Waals surface area (Å²) in [4.78, 5) is 37.2. The van der Waals surface area contributed by atoms with Crippen LogP contribution in [0.25, 0.3) is 0 Å². The largest absolute Gasteiger partial charge is 0.454 e. The number of amides is 1. The average Bonchev–Trinajstić information content (AvgIpc) is 2.93. The van der Waals surface area contributed by atoms with Gasteiger partial charge in [0.25, 0.3) is 5.91 Å². The number of benzene rings is 1. The summed E-state index contributed by atoms with van der Waals surface area (Å²) < 4.78 is 6.21. The minimum absolute atomic E-state index is 0.129. The summed E-state index contributed by atoms with van der Waals surface area (Å²) in [5.41, 5.74) is 1.32. The van der Waals surface area contributed by atoms with Crippen molar-refractivity contribution in [3.63, 3.8) is 0 Å². The minimum atomic E-state index is -0.688. The van der Waals surface area contributed by atoms with Crippen molar-refractivity contribution < 1.29 is 19.2 Å². The molecule has 28 heavy (non-hydrogen) atoms. The summed E-state index contributed by atoms with van der Waals surface area (Å²) in [6, 6.07) is 7.84. The number of carbonyl (C=O) groups excluding carboxylic acids is 2. The van der Waals surface area contributed by atoms with Gasteiger partial charge in [0.15, 0.2) is 6.61 Å². The van der Waals surface area contributed by atoms with Crippen LogP contribution in [0.2, 0.25) is 0 Å². The summed E-state index contributed by atoms with van der Waals surface area (Å²) in [7, 11) is 1.63. The lowest BCUT2D eigenvalue weighted by molar-refractivity contribution is -0.386. The SMILES string of the molecule is CSc1ccc(CN(C)C(=O)COC(=O)Cn2nc(C)c([N+](=O)[O-])c2C)cc1. The van der Waals surface area contributed by atoms with Crippen LogP contribution in [-0.4, -0.2) is 51.4 Å². The smallest absolute Gasteiger partial charge is 0.328 e. The average molecular weight is 406 g/mol. The van der Waals surface area contributed by atoms with Crippen LogP contribution in [0.3, 0.4) is 0 Å². The van der Waals surface area contributed by atoms with E-state index in [-0.39, 0.29) is 29.5 Å². The number of ether oxygens (including phenoxy) is 1. The van der Waals surface area contributed by atoms with Crippen LogP contribution in [-0.2, 0) is 27.4 Å². The second-order valence-electron chi connectivity index (χ2n) is 6.19. The molecular formula is C18H22N4O5S. The molecule has 10 heteroatoms. The first-order valence-corrected chi connectivity index (χ1v) is 9.66. The van der Waals surface area contributed by atoms with Gasteiger partial charge in [-0.2, -0.15) is 5.10 Å². The van der Waals surface area contributed by atoms with Gasteiger partial charge in [0, 0.05) is 18.5 Å². The lowest BCUT2D eigenvalue weighted by Gasteiger charge is -2.17. The highest BCUT2D eigenvalue weighted by Crippen LogP contribution is 2.21. The summed E-state index contributed by atoms with van der Waals surface area (Å²) in [6.07, 6.45) is 1.99. The molecule has 0 atom stereocenters. The molecular weight excluding hydrogens is 384 g/mol. The van der Waals surface area contributed by atoms with Gasteiger partial charge < -0.3 is 9.64 Å². The van der Waals surface area contributed by atoms with Crippen molar-refractivity contribution in [2.75, 3.05) is 19.9 Å². The molecule has 1 aromatic heterocycles. The Balaban J connectivity index is 1.87. The Labute approximate surface area is 166 Å². The molecule has 0 radical (unpaired) electrons. The predicted molar refractivity (Wildman–Crippen MR) is 104 cm³/mol. The zero-order valence-electron chi connectivity index (χ0n) is 16.2. The number of nitro groups is 1. The second-order valence-corrected chi connectivity index (χ2v) is 7.07. The number of hydrogen-bond donors (Lipinski definition) is 0. The lowest BCUT2D eigenvalue weighted by atomic mass is 10.2. The monoisotopic (exact) mass is 406 g/mol. The van der Waals surface area contributed by atoms with Crippen LogP contribution in [0.1, 0.15) is 17.0 Å². The van der Waals surface area contributed by atoms with Gasteiger partial charge in [0.1, 0.15) is 17.9 Å². The predicted octanol–water partition coefficient (Wildman–Crippen LogP) is 2.33. The first-order valence-electron chi connectivity index (χ1n) is 8.43. The van der Waals surface area contributed by atoms with E-state index in [4.69, 9.17) is 4.74 Å². The van der Waals surface area contributed by atoms with E-state index in [0.29, 0.717) is 6.54 Å². The molecule has 1 amide bonds. The fraction of sp³-hybridized carbons (Fsp3) is 0.389. The highest BCUT2D eigenvalue weighted by Gasteiger charge is 2.23. The Morgan fingerprint density at radius 1 is 1.29 bits per heavy atom. The molecule has 0 N–H and O–H groups in total. The number of esters is 1. The fourth-order valence-electron chi connectivity index (χ4n) is 2.62. The Kier molecular flexibility index (Phi) is 7.16. The minimum Gasteiger partial charge on any atom is -0.454 e. The molecule has 0 spiro atoms. The van der Waals surface area contributed by atoms with Crippen molar-refractivity contribution in [1.82, 2.24) is 14.7 Å². The molecule has 0 unspecified atom stereocenters. The number of likely N-dealkylation sites (N-methyl/N-ethyl adjacent to an activating group) is 1. The van der Waals surface area contributed by atoms with Gasteiger partial charge in [-0.15, -0.1) is 11.8 Å². The van der Waals surface area contributed by atoms with Crippen LogP contribution in [0.4, 0.5) is 5.69 Å². The van der Waals surface area contributed by atoms with E-state index >= 15 is 0 Å². The third-order valence-electron chi connectivity index (χ3n) is 4.17. The van der Waals surface area contributed by atoms with Gasteiger partial charge in [-0.05, 0) is 37.8 Å². The Morgan fingerprint density at radius 3 is 2.46 bits per heavy atom. The maximum Gasteiger partial charge on any atom is 0.328 e. The Bertz CT molecular complexity index is 879. The highest BCUT2D eigenvalue weighted by atomic mass is 32.2. The molecule has 0 fully saturated rings. The normalized spacial score (nSPS) is 10.6. The Morgan fingerprint density at radius 2 is 1.93 bits per heavy atom. The molecule has 9 nitrogen and oxygen atoms in total. The third kappa shape index (κ3) is 5.32. The lowest BCUT2D eigenvalue weighted by Crippen LogP contribution is -2.31. The zero-order valence-corrected chi connectivity index (χ0v) is 17.0. The highest BCUT2D eigenvalue weighted by molar-refractivity contribution is 7.98. The maximum atomic E-state index is 12.2. The van der Waals surface area contributed by atoms with Gasteiger partial charge in [-0.1, -0.05) is 12.1 Å². The summed E-state index contributed by atoms with van der Waals surface area (Å²) in [5, 5.41) is 15.0. The molecule has 0 aliphatic heterocycles. The molecule has 150 valence electrons. The molecule has 0 bridgehead atoms. The van der Waals surface area contributed by atoms with Crippen LogP contribution in [0.15, 0.2) is 29.2 Å². The van der Waals surface area contributed by atoms with E-state index in [0.717, 1.165) is 10.5 Å². The topological polar surface area (TPSA) is 108 Å². The quantitative estimate of drug-likeness (QED) is 0.286. The molecule has 1 heterocycles. The van der Waals surface area contributed by atoms with Crippen molar-refractivity contribution in [1.29, 1.82) is 0 Å². The summed E-state index contributed by atoms with van der Waals surface area (Å²) in [6.45, 7) is 2.70. The number of thioether (sulfide) groups is 1. The molecule has 0 aliphatic carbocycles. The number of aromatic nitrogens is 2. The van der Waals surface area contributed by atoms with E-state index in [2.05, 4.69) is 5.10 Å².